The summed E-state index contributed by atoms with van der Waals surface area (Å²) in [6.07, 6.45) is 5.31. The molecule has 0 spiro atoms. The molecule has 0 aliphatic heterocycles. The zero-order valence-corrected chi connectivity index (χ0v) is 24.8. The summed E-state index contributed by atoms with van der Waals surface area (Å²) in [6, 6.07) is 20.1. The molecule has 5 aromatic rings. The van der Waals surface area contributed by atoms with Crippen molar-refractivity contribution in [2.75, 3.05) is 0 Å². The molecule has 0 aliphatic carbocycles. The van der Waals surface area contributed by atoms with Crippen LogP contribution in [0.25, 0.3) is 33.4 Å². The van der Waals surface area contributed by atoms with Crippen LogP contribution in [0.2, 0.25) is 0 Å². The zero-order chi connectivity index (χ0) is 30.0. The Morgan fingerprint density at radius 1 is 1.00 bits per heavy atom. The number of nitrogens with zero attached hydrogens (tertiary/aromatic N) is 4. The van der Waals surface area contributed by atoms with Crippen LogP contribution in [-0.2, 0) is 29.0 Å². The Bertz CT molecular complexity index is 1760. The lowest BCUT2D eigenvalue weighted by Gasteiger charge is -2.20. The molecule has 0 bridgehead atoms. The van der Waals surface area contributed by atoms with E-state index in [1.807, 2.05) is 51.2 Å². The first-order valence-electron chi connectivity index (χ1n) is 14.2. The minimum atomic E-state index is -0.570. The van der Waals surface area contributed by atoms with Gasteiger partial charge in [0.25, 0.3) is 0 Å². The van der Waals surface area contributed by atoms with E-state index in [0.717, 1.165) is 63.2 Å². The number of benzene rings is 3. The second kappa shape index (κ2) is 11.6. The summed E-state index contributed by atoms with van der Waals surface area (Å²) in [7, 11) is 0. The predicted molar refractivity (Wildman–Crippen MR) is 165 cm³/mol. The highest BCUT2D eigenvalue weighted by Crippen LogP contribution is 2.30. The minimum Gasteiger partial charge on any atom is -0.456 e. The van der Waals surface area contributed by atoms with Crippen LogP contribution in [0.15, 0.2) is 73.2 Å². The molecule has 2 aromatic heterocycles. The van der Waals surface area contributed by atoms with Gasteiger partial charge in [-0.15, -0.1) is 0 Å². The first kappa shape index (κ1) is 28.8. The molecule has 0 saturated heterocycles. The minimum absolute atomic E-state index is 0.0883. The maximum absolute atomic E-state index is 12.9. The maximum atomic E-state index is 12.9. The molecule has 2 heterocycles. The van der Waals surface area contributed by atoms with Crippen molar-refractivity contribution in [1.29, 1.82) is 0 Å². The fraction of sp³-hybridized carbons (Fsp3) is 0.294. The summed E-state index contributed by atoms with van der Waals surface area (Å²) in [5, 5.41) is 0. The number of carbonyl (C=O) groups excluding carboxylic acids is 2. The number of imidazole rings is 2. The highest BCUT2D eigenvalue weighted by atomic mass is 16.6. The van der Waals surface area contributed by atoms with Crippen molar-refractivity contribution in [3.8, 4) is 22.4 Å². The first-order valence-corrected chi connectivity index (χ1v) is 14.2. The Hall–Kier alpha value is -4.72. The Balaban J connectivity index is 1.48. The van der Waals surface area contributed by atoms with E-state index in [1.54, 1.807) is 10.9 Å². The second-order valence-corrected chi connectivity index (χ2v) is 11.7. The van der Waals surface area contributed by atoms with E-state index in [1.165, 1.54) is 0 Å². The fourth-order valence-electron chi connectivity index (χ4n) is 5.17. The topological polar surface area (TPSA) is 105 Å². The van der Waals surface area contributed by atoms with Gasteiger partial charge in [-0.25, -0.2) is 14.8 Å². The Morgan fingerprint density at radius 2 is 1.74 bits per heavy atom. The number of aromatic nitrogens is 4. The van der Waals surface area contributed by atoms with Crippen molar-refractivity contribution < 1.29 is 14.3 Å². The van der Waals surface area contributed by atoms with Gasteiger partial charge in [0.15, 0.2) is 0 Å². The van der Waals surface area contributed by atoms with Crippen LogP contribution in [0, 0.1) is 6.92 Å². The number of esters is 1. The molecular formula is C34H37N5O3. The van der Waals surface area contributed by atoms with Crippen LogP contribution in [0.5, 0.6) is 0 Å². The monoisotopic (exact) mass is 563 g/mol. The fourth-order valence-corrected chi connectivity index (χ4v) is 5.17. The average Bonchev–Trinajstić information content (AvgIpc) is 3.53. The van der Waals surface area contributed by atoms with Gasteiger partial charge >= 0.3 is 5.97 Å². The van der Waals surface area contributed by atoms with Gasteiger partial charge < -0.3 is 19.6 Å². The number of carbonyl (C=O) groups is 2. The van der Waals surface area contributed by atoms with Crippen molar-refractivity contribution in [2.45, 2.75) is 66.2 Å². The van der Waals surface area contributed by atoms with Gasteiger partial charge in [0.2, 0.25) is 5.91 Å². The summed E-state index contributed by atoms with van der Waals surface area (Å²) in [5.41, 5.74) is 13.1. The van der Waals surface area contributed by atoms with Crippen molar-refractivity contribution >= 4 is 22.9 Å². The molecule has 0 atom stereocenters. The Kier molecular flexibility index (Phi) is 7.98. The van der Waals surface area contributed by atoms with E-state index in [2.05, 4.69) is 59.8 Å². The Labute approximate surface area is 246 Å². The smallest absolute Gasteiger partial charge is 0.339 e. The highest BCUT2D eigenvalue weighted by Gasteiger charge is 2.21. The molecule has 3 aromatic carbocycles. The van der Waals surface area contributed by atoms with Gasteiger partial charge in [0.05, 0.1) is 28.6 Å². The van der Waals surface area contributed by atoms with Crippen molar-refractivity contribution in [3.05, 3.63) is 95.7 Å². The van der Waals surface area contributed by atoms with Crippen LogP contribution in [0.1, 0.15) is 61.4 Å². The lowest BCUT2D eigenvalue weighted by Crippen LogP contribution is -2.24. The van der Waals surface area contributed by atoms with Crippen LogP contribution in [0.3, 0.4) is 0 Å². The molecule has 0 aliphatic rings. The van der Waals surface area contributed by atoms with Crippen molar-refractivity contribution in [2.24, 2.45) is 5.73 Å². The number of hydrogen-bond donors (Lipinski definition) is 1. The number of hydrogen-bond acceptors (Lipinski definition) is 5. The van der Waals surface area contributed by atoms with E-state index >= 15 is 0 Å². The first-order chi connectivity index (χ1) is 20.0. The number of aryl methyl sites for hydroxylation is 2. The van der Waals surface area contributed by atoms with Crippen molar-refractivity contribution in [3.63, 3.8) is 0 Å². The number of nitrogens with two attached hydrogens (primary N) is 1. The lowest BCUT2D eigenvalue weighted by molar-refractivity contribution is -0.118. The van der Waals surface area contributed by atoms with Crippen LogP contribution < -0.4 is 5.73 Å². The third-order valence-corrected chi connectivity index (χ3v) is 7.02. The summed E-state index contributed by atoms with van der Waals surface area (Å²) in [5.74, 6) is 0.292. The molecular weight excluding hydrogens is 526 g/mol. The number of ether oxygens (including phenoxy) is 1. The highest BCUT2D eigenvalue weighted by molar-refractivity contribution is 5.97. The molecule has 5 rings (SSSR count). The molecule has 42 heavy (non-hydrogen) atoms. The molecule has 8 heteroatoms. The molecule has 1 amide bonds. The predicted octanol–water partition coefficient (Wildman–Crippen LogP) is 6.32. The summed E-state index contributed by atoms with van der Waals surface area (Å²) in [4.78, 5) is 33.8. The molecule has 0 fully saturated rings. The van der Waals surface area contributed by atoms with E-state index < -0.39 is 11.5 Å². The van der Waals surface area contributed by atoms with E-state index in [4.69, 9.17) is 15.5 Å². The molecule has 0 unspecified atom stereocenters. The van der Waals surface area contributed by atoms with Crippen LogP contribution >= 0.6 is 0 Å². The average molecular weight is 564 g/mol. The second-order valence-electron chi connectivity index (χ2n) is 11.7. The number of fused-ring (bicyclic) bond motifs is 1. The molecule has 0 radical (unpaired) electrons. The van der Waals surface area contributed by atoms with Gasteiger partial charge in [-0.2, -0.15) is 0 Å². The van der Waals surface area contributed by atoms with Crippen molar-refractivity contribution in [1.82, 2.24) is 19.1 Å². The van der Waals surface area contributed by atoms with Gasteiger partial charge in [-0.1, -0.05) is 49.4 Å². The SMILES string of the molecule is CCCc1nc2c(C)cc(-c3cn(CC(N)=O)cn3)cc2n1Cc1ccc(-c2ccccc2C(=O)OC(C)(C)C)cc1. The number of primary amides is 1. The third-order valence-electron chi connectivity index (χ3n) is 7.02. The maximum Gasteiger partial charge on any atom is 0.339 e. The largest absolute Gasteiger partial charge is 0.456 e. The molecule has 216 valence electrons. The number of rotatable bonds is 9. The van der Waals surface area contributed by atoms with E-state index in [9.17, 15) is 9.59 Å². The summed E-state index contributed by atoms with van der Waals surface area (Å²) >= 11 is 0. The third kappa shape index (κ3) is 6.28. The van der Waals surface area contributed by atoms with Gasteiger partial charge in [0, 0.05) is 24.7 Å². The summed E-state index contributed by atoms with van der Waals surface area (Å²) in [6.45, 7) is 10.6. The van der Waals surface area contributed by atoms with Crippen LogP contribution in [-0.4, -0.2) is 36.6 Å². The van der Waals surface area contributed by atoms with Gasteiger partial charge in [-0.05, 0) is 74.6 Å². The zero-order valence-electron chi connectivity index (χ0n) is 24.8. The molecule has 0 saturated carbocycles. The normalized spacial score (nSPS) is 11.6. The molecule has 2 N–H and O–H groups in total. The molecule has 8 nitrogen and oxygen atoms in total. The van der Waals surface area contributed by atoms with Crippen LogP contribution in [0.4, 0.5) is 0 Å². The van der Waals surface area contributed by atoms with E-state index in [0.29, 0.717) is 12.1 Å². The number of amides is 1. The van der Waals surface area contributed by atoms with Gasteiger partial charge in [-0.3, -0.25) is 4.79 Å². The van der Waals surface area contributed by atoms with E-state index in [-0.39, 0.29) is 12.5 Å². The summed E-state index contributed by atoms with van der Waals surface area (Å²) < 4.78 is 9.62. The van der Waals surface area contributed by atoms with Gasteiger partial charge in [0.1, 0.15) is 18.0 Å². The quantitative estimate of drug-likeness (QED) is 0.211. The lowest BCUT2D eigenvalue weighted by atomic mass is 9.98. The standard InChI is InChI=1S/C34H37N5O3/c1-6-9-31-37-32-22(2)16-25(28-19-38(21-36-28)20-30(35)40)17-29(32)39(31)18-23-12-14-24(15-13-23)26-10-7-8-11-27(26)33(41)42-34(3,4)5/h7-8,10-17,19,21H,6,9,18,20H2,1-5H3,(H2,35,40). The Morgan fingerprint density at radius 3 is 2.43 bits per heavy atom.